The highest BCUT2D eigenvalue weighted by molar-refractivity contribution is 5.28. The van der Waals surface area contributed by atoms with Gasteiger partial charge in [-0.3, -0.25) is 5.84 Å². The number of rotatable bonds is 3. The van der Waals surface area contributed by atoms with Crippen LogP contribution in [0.1, 0.15) is 17.4 Å². The Bertz CT molecular complexity index is 471. The predicted octanol–water partition coefficient (Wildman–Crippen LogP) is 2.11. The minimum atomic E-state index is -0.703. The molecule has 3 N–H and O–H groups in total. The molecule has 0 aliphatic heterocycles. The van der Waals surface area contributed by atoms with Crippen molar-refractivity contribution < 1.29 is 13.2 Å². The van der Waals surface area contributed by atoms with Crippen LogP contribution in [0.2, 0.25) is 0 Å². The predicted molar refractivity (Wildman–Crippen MR) is 54.2 cm³/mol. The highest BCUT2D eigenvalue weighted by Gasteiger charge is 2.19. The van der Waals surface area contributed by atoms with Crippen LogP contribution in [0.3, 0.4) is 0 Å². The van der Waals surface area contributed by atoms with Gasteiger partial charge in [0.2, 0.25) is 0 Å². The molecule has 0 fully saturated rings. The number of furan rings is 1. The van der Waals surface area contributed by atoms with Crippen LogP contribution in [-0.2, 0) is 0 Å². The van der Waals surface area contributed by atoms with Gasteiger partial charge in [-0.1, -0.05) is 0 Å². The van der Waals surface area contributed by atoms with Crippen LogP contribution in [0.15, 0.2) is 41.0 Å². The van der Waals surface area contributed by atoms with Crippen molar-refractivity contribution in [3.05, 3.63) is 59.6 Å². The van der Waals surface area contributed by atoms with Crippen LogP contribution in [0, 0.1) is 11.6 Å². The Labute approximate surface area is 90.8 Å². The maximum atomic E-state index is 13.5. The zero-order valence-electron chi connectivity index (χ0n) is 8.28. The van der Waals surface area contributed by atoms with E-state index in [9.17, 15) is 8.78 Å². The van der Waals surface area contributed by atoms with Gasteiger partial charge in [0.1, 0.15) is 23.4 Å². The van der Waals surface area contributed by atoms with Crippen LogP contribution >= 0.6 is 0 Å². The highest BCUT2D eigenvalue weighted by Crippen LogP contribution is 2.24. The van der Waals surface area contributed by atoms with E-state index >= 15 is 0 Å². The SMILES string of the molecule is NNC(c1ccco1)c1cc(F)ccc1F. The quantitative estimate of drug-likeness (QED) is 0.620. The van der Waals surface area contributed by atoms with Gasteiger partial charge in [0.05, 0.1) is 6.26 Å². The molecule has 0 spiro atoms. The van der Waals surface area contributed by atoms with Crippen LogP contribution in [-0.4, -0.2) is 0 Å². The summed E-state index contributed by atoms with van der Waals surface area (Å²) in [5, 5.41) is 0. The average Bonchev–Trinajstić information content (AvgIpc) is 2.78. The second kappa shape index (κ2) is 4.42. The molecule has 2 aromatic rings. The molecule has 0 amide bonds. The van der Waals surface area contributed by atoms with Crippen molar-refractivity contribution in [2.75, 3.05) is 0 Å². The summed E-state index contributed by atoms with van der Waals surface area (Å²) in [6.07, 6.45) is 1.44. The van der Waals surface area contributed by atoms with E-state index in [1.165, 1.54) is 6.26 Å². The standard InChI is InChI=1S/C11H10F2N2O/c12-7-3-4-9(13)8(6-7)11(15-14)10-2-1-5-16-10/h1-6,11,15H,14H2. The molecule has 0 saturated heterocycles. The maximum absolute atomic E-state index is 13.5. The molecule has 1 aromatic carbocycles. The molecular weight excluding hydrogens is 214 g/mol. The van der Waals surface area contributed by atoms with E-state index in [2.05, 4.69) is 5.43 Å². The van der Waals surface area contributed by atoms with Crippen molar-refractivity contribution >= 4 is 0 Å². The van der Waals surface area contributed by atoms with E-state index in [0.717, 1.165) is 18.2 Å². The minimum Gasteiger partial charge on any atom is -0.467 e. The van der Waals surface area contributed by atoms with Gasteiger partial charge < -0.3 is 4.42 Å². The summed E-state index contributed by atoms with van der Waals surface area (Å²) in [5.74, 6) is 4.67. The topological polar surface area (TPSA) is 51.2 Å². The molecule has 1 unspecified atom stereocenters. The van der Waals surface area contributed by atoms with Gasteiger partial charge in [-0.15, -0.1) is 0 Å². The van der Waals surface area contributed by atoms with Crippen molar-refractivity contribution in [3.8, 4) is 0 Å². The minimum absolute atomic E-state index is 0.109. The van der Waals surface area contributed by atoms with Crippen molar-refractivity contribution in [2.24, 2.45) is 5.84 Å². The lowest BCUT2D eigenvalue weighted by atomic mass is 10.0. The van der Waals surface area contributed by atoms with Gasteiger partial charge in [0, 0.05) is 5.56 Å². The Hall–Kier alpha value is -1.72. The summed E-state index contributed by atoms with van der Waals surface area (Å²) in [7, 11) is 0. The zero-order valence-corrected chi connectivity index (χ0v) is 8.28. The number of nitrogens with two attached hydrogens (primary N) is 1. The number of hydrogen-bond acceptors (Lipinski definition) is 3. The summed E-state index contributed by atoms with van der Waals surface area (Å²) < 4.78 is 31.6. The van der Waals surface area contributed by atoms with Gasteiger partial charge in [-0.25, -0.2) is 14.2 Å². The van der Waals surface area contributed by atoms with Crippen LogP contribution < -0.4 is 11.3 Å². The maximum Gasteiger partial charge on any atom is 0.128 e. The van der Waals surface area contributed by atoms with E-state index in [1.807, 2.05) is 0 Å². The third-order valence-corrected chi connectivity index (χ3v) is 2.26. The Balaban J connectivity index is 2.44. The third kappa shape index (κ3) is 1.95. The zero-order chi connectivity index (χ0) is 11.5. The fourth-order valence-electron chi connectivity index (χ4n) is 1.52. The lowest BCUT2D eigenvalue weighted by Crippen LogP contribution is -2.29. The summed E-state index contributed by atoms with van der Waals surface area (Å²) in [4.78, 5) is 0. The first kappa shape index (κ1) is 10.8. The summed E-state index contributed by atoms with van der Waals surface area (Å²) in [6, 6.07) is 5.77. The van der Waals surface area contributed by atoms with Crippen molar-refractivity contribution in [2.45, 2.75) is 6.04 Å². The molecule has 0 bridgehead atoms. The van der Waals surface area contributed by atoms with Gasteiger partial charge in [-0.05, 0) is 30.3 Å². The molecule has 84 valence electrons. The Morgan fingerprint density at radius 3 is 2.69 bits per heavy atom. The molecule has 0 saturated carbocycles. The molecule has 3 nitrogen and oxygen atoms in total. The van der Waals surface area contributed by atoms with E-state index in [-0.39, 0.29) is 5.56 Å². The van der Waals surface area contributed by atoms with Crippen molar-refractivity contribution in [3.63, 3.8) is 0 Å². The van der Waals surface area contributed by atoms with E-state index in [0.29, 0.717) is 5.76 Å². The molecule has 1 heterocycles. The molecule has 0 radical (unpaired) electrons. The molecule has 1 aromatic heterocycles. The van der Waals surface area contributed by atoms with Gasteiger partial charge in [-0.2, -0.15) is 0 Å². The average molecular weight is 224 g/mol. The number of nitrogens with one attached hydrogen (secondary N) is 1. The fraction of sp³-hybridized carbons (Fsp3) is 0.0909. The number of benzene rings is 1. The molecule has 5 heteroatoms. The normalized spacial score (nSPS) is 12.7. The summed E-state index contributed by atoms with van der Waals surface area (Å²) >= 11 is 0. The highest BCUT2D eigenvalue weighted by atomic mass is 19.1. The van der Waals surface area contributed by atoms with Crippen LogP contribution in [0.4, 0.5) is 8.78 Å². The first-order valence-corrected chi connectivity index (χ1v) is 4.67. The number of hydrogen-bond donors (Lipinski definition) is 2. The number of halogens is 2. The van der Waals surface area contributed by atoms with Crippen LogP contribution in [0.25, 0.3) is 0 Å². The summed E-state index contributed by atoms with van der Waals surface area (Å²) in [5.41, 5.74) is 2.50. The largest absolute Gasteiger partial charge is 0.467 e. The molecule has 16 heavy (non-hydrogen) atoms. The van der Waals surface area contributed by atoms with Gasteiger partial charge >= 0.3 is 0 Å². The van der Waals surface area contributed by atoms with E-state index < -0.39 is 17.7 Å². The first-order valence-electron chi connectivity index (χ1n) is 4.67. The Kier molecular flexibility index (Phi) is 2.98. The van der Waals surface area contributed by atoms with Crippen LogP contribution in [0.5, 0.6) is 0 Å². The van der Waals surface area contributed by atoms with Gasteiger partial charge in [0.15, 0.2) is 0 Å². The number of hydrazine groups is 1. The Morgan fingerprint density at radius 1 is 1.25 bits per heavy atom. The molecule has 2 rings (SSSR count). The van der Waals surface area contributed by atoms with E-state index in [4.69, 9.17) is 10.3 Å². The van der Waals surface area contributed by atoms with Gasteiger partial charge in [0.25, 0.3) is 0 Å². The lowest BCUT2D eigenvalue weighted by Gasteiger charge is -2.14. The second-order valence-corrected chi connectivity index (χ2v) is 3.28. The molecule has 0 aliphatic carbocycles. The smallest absolute Gasteiger partial charge is 0.128 e. The first-order chi connectivity index (χ1) is 7.72. The fourth-order valence-corrected chi connectivity index (χ4v) is 1.52. The second-order valence-electron chi connectivity index (χ2n) is 3.28. The summed E-state index contributed by atoms with van der Waals surface area (Å²) in [6.45, 7) is 0. The third-order valence-electron chi connectivity index (χ3n) is 2.26. The Morgan fingerprint density at radius 2 is 2.06 bits per heavy atom. The molecule has 1 atom stereocenters. The lowest BCUT2D eigenvalue weighted by molar-refractivity contribution is 0.439. The molecule has 0 aliphatic rings. The molecular formula is C11H10F2N2O. The van der Waals surface area contributed by atoms with Crippen molar-refractivity contribution in [1.82, 2.24) is 5.43 Å². The van der Waals surface area contributed by atoms with Crippen molar-refractivity contribution in [1.29, 1.82) is 0 Å². The van der Waals surface area contributed by atoms with E-state index in [1.54, 1.807) is 12.1 Å². The monoisotopic (exact) mass is 224 g/mol.